The Morgan fingerprint density at radius 1 is 0.913 bits per heavy atom. The largest absolute Gasteiger partial charge is 0.469 e. The first-order chi connectivity index (χ1) is 11.3. The summed E-state index contributed by atoms with van der Waals surface area (Å²) in [5, 5.41) is 3.46. The van der Waals surface area contributed by atoms with Crippen molar-refractivity contribution in [3.05, 3.63) is 95.7 Å². The maximum Gasteiger partial charge on any atom is 0.123 e. The van der Waals surface area contributed by atoms with Gasteiger partial charge in [0.05, 0.1) is 6.26 Å². The zero-order valence-electron chi connectivity index (χ0n) is 12.9. The number of halogens is 1. The minimum atomic E-state index is -0.214. The molecule has 0 saturated carbocycles. The van der Waals surface area contributed by atoms with E-state index in [2.05, 4.69) is 17.4 Å². The third kappa shape index (κ3) is 4.30. The fourth-order valence-electron chi connectivity index (χ4n) is 2.73. The molecule has 1 unspecified atom stereocenters. The second-order valence-corrected chi connectivity index (χ2v) is 5.57. The maximum atomic E-state index is 13.2. The average molecular weight is 309 g/mol. The van der Waals surface area contributed by atoms with Gasteiger partial charge >= 0.3 is 0 Å². The SMILES string of the molecule is Fc1ccc(C(CCNCc2ccccc2)c2ccco2)cc1. The Morgan fingerprint density at radius 2 is 1.70 bits per heavy atom. The van der Waals surface area contributed by atoms with Crippen molar-refractivity contribution in [2.24, 2.45) is 0 Å². The Morgan fingerprint density at radius 3 is 2.39 bits per heavy atom. The van der Waals surface area contributed by atoms with E-state index in [1.54, 1.807) is 6.26 Å². The molecule has 0 fully saturated rings. The van der Waals surface area contributed by atoms with Crippen LogP contribution in [-0.2, 0) is 6.54 Å². The zero-order chi connectivity index (χ0) is 15.9. The van der Waals surface area contributed by atoms with E-state index < -0.39 is 0 Å². The summed E-state index contributed by atoms with van der Waals surface area (Å²) in [6.45, 7) is 1.70. The minimum Gasteiger partial charge on any atom is -0.469 e. The fraction of sp³-hybridized carbons (Fsp3) is 0.200. The van der Waals surface area contributed by atoms with E-state index in [1.165, 1.54) is 17.7 Å². The van der Waals surface area contributed by atoms with Gasteiger partial charge in [-0.15, -0.1) is 0 Å². The molecule has 0 amide bonds. The molecule has 2 nitrogen and oxygen atoms in total. The molecule has 0 bridgehead atoms. The lowest BCUT2D eigenvalue weighted by Crippen LogP contribution is -2.17. The second kappa shape index (κ2) is 7.75. The Labute approximate surface area is 136 Å². The van der Waals surface area contributed by atoms with Gasteiger partial charge < -0.3 is 9.73 Å². The van der Waals surface area contributed by atoms with Crippen LogP contribution in [0.1, 0.15) is 29.2 Å². The molecule has 0 spiro atoms. The lowest BCUT2D eigenvalue weighted by atomic mass is 9.93. The van der Waals surface area contributed by atoms with Crippen LogP contribution in [0.4, 0.5) is 4.39 Å². The summed E-state index contributed by atoms with van der Waals surface area (Å²) in [6.07, 6.45) is 2.58. The second-order valence-electron chi connectivity index (χ2n) is 5.57. The van der Waals surface area contributed by atoms with Crippen molar-refractivity contribution in [1.29, 1.82) is 0 Å². The van der Waals surface area contributed by atoms with E-state index in [1.807, 2.05) is 42.5 Å². The van der Waals surface area contributed by atoms with Crippen molar-refractivity contribution in [2.75, 3.05) is 6.54 Å². The van der Waals surface area contributed by atoms with Crippen LogP contribution in [0.3, 0.4) is 0 Å². The van der Waals surface area contributed by atoms with Gasteiger partial charge in [0.15, 0.2) is 0 Å². The van der Waals surface area contributed by atoms with E-state index in [9.17, 15) is 4.39 Å². The van der Waals surface area contributed by atoms with Crippen molar-refractivity contribution in [3.63, 3.8) is 0 Å². The number of rotatable bonds is 7. The predicted molar refractivity (Wildman–Crippen MR) is 89.7 cm³/mol. The molecule has 118 valence electrons. The molecule has 3 aromatic rings. The van der Waals surface area contributed by atoms with Gasteiger partial charge in [0.2, 0.25) is 0 Å². The Balaban J connectivity index is 1.62. The molecular formula is C20H20FNO. The summed E-state index contributed by atoms with van der Waals surface area (Å²) < 4.78 is 18.7. The van der Waals surface area contributed by atoms with Gasteiger partial charge in [-0.2, -0.15) is 0 Å². The van der Waals surface area contributed by atoms with E-state index in [4.69, 9.17) is 4.42 Å². The molecule has 1 aromatic heterocycles. The maximum absolute atomic E-state index is 13.2. The minimum absolute atomic E-state index is 0.133. The Hall–Kier alpha value is -2.39. The van der Waals surface area contributed by atoms with Gasteiger partial charge in [-0.1, -0.05) is 42.5 Å². The summed E-state index contributed by atoms with van der Waals surface area (Å²) in [5.41, 5.74) is 2.34. The topological polar surface area (TPSA) is 25.2 Å². The number of hydrogen-bond acceptors (Lipinski definition) is 2. The number of furan rings is 1. The van der Waals surface area contributed by atoms with Crippen LogP contribution < -0.4 is 5.32 Å². The van der Waals surface area contributed by atoms with Gasteiger partial charge in [-0.3, -0.25) is 0 Å². The number of benzene rings is 2. The molecule has 0 radical (unpaired) electrons. The molecule has 2 aromatic carbocycles. The van der Waals surface area contributed by atoms with E-state index in [0.717, 1.165) is 30.8 Å². The van der Waals surface area contributed by atoms with Gasteiger partial charge in [-0.25, -0.2) is 4.39 Å². The first-order valence-corrected chi connectivity index (χ1v) is 7.86. The van der Waals surface area contributed by atoms with Crippen LogP contribution >= 0.6 is 0 Å². The highest BCUT2D eigenvalue weighted by molar-refractivity contribution is 5.27. The van der Waals surface area contributed by atoms with Crippen LogP contribution in [0, 0.1) is 5.82 Å². The van der Waals surface area contributed by atoms with Gasteiger partial charge in [0, 0.05) is 12.5 Å². The fourth-order valence-corrected chi connectivity index (χ4v) is 2.73. The van der Waals surface area contributed by atoms with Crippen molar-refractivity contribution in [2.45, 2.75) is 18.9 Å². The van der Waals surface area contributed by atoms with Crippen LogP contribution in [0.15, 0.2) is 77.4 Å². The van der Waals surface area contributed by atoms with Gasteiger partial charge in [0.25, 0.3) is 0 Å². The third-order valence-corrected chi connectivity index (χ3v) is 3.94. The first-order valence-electron chi connectivity index (χ1n) is 7.86. The summed E-state index contributed by atoms with van der Waals surface area (Å²) in [6, 6.07) is 20.9. The summed E-state index contributed by atoms with van der Waals surface area (Å²) in [5.74, 6) is 0.834. The molecule has 0 saturated heterocycles. The highest BCUT2D eigenvalue weighted by atomic mass is 19.1. The third-order valence-electron chi connectivity index (χ3n) is 3.94. The molecule has 0 aliphatic heterocycles. The van der Waals surface area contributed by atoms with Crippen LogP contribution in [-0.4, -0.2) is 6.54 Å². The predicted octanol–water partition coefficient (Wildman–Crippen LogP) is 4.73. The zero-order valence-corrected chi connectivity index (χ0v) is 12.9. The quantitative estimate of drug-likeness (QED) is 0.638. The summed E-state index contributed by atoms with van der Waals surface area (Å²) in [7, 11) is 0. The number of hydrogen-bond donors (Lipinski definition) is 1. The van der Waals surface area contributed by atoms with E-state index in [-0.39, 0.29) is 11.7 Å². The van der Waals surface area contributed by atoms with Crippen molar-refractivity contribution < 1.29 is 8.81 Å². The normalized spacial score (nSPS) is 12.2. The molecule has 1 N–H and O–H groups in total. The van der Waals surface area contributed by atoms with Gasteiger partial charge in [-0.05, 0) is 48.4 Å². The lowest BCUT2D eigenvalue weighted by Gasteiger charge is -2.16. The summed E-state index contributed by atoms with van der Waals surface area (Å²) in [4.78, 5) is 0. The highest BCUT2D eigenvalue weighted by Crippen LogP contribution is 2.28. The molecule has 1 atom stereocenters. The standard InChI is InChI=1S/C20H20FNO/c21-18-10-8-17(9-11-18)19(20-7-4-14-23-20)12-13-22-15-16-5-2-1-3-6-16/h1-11,14,19,22H,12-13,15H2. The molecule has 0 aliphatic carbocycles. The Kier molecular flexibility index (Phi) is 5.22. The van der Waals surface area contributed by atoms with E-state index in [0.29, 0.717) is 0 Å². The summed E-state index contributed by atoms with van der Waals surface area (Å²) >= 11 is 0. The van der Waals surface area contributed by atoms with Crippen molar-refractivity contribution >= 4 is 0 Å². The molecule has 3 heteroatoms. The highest BCUT2D eigenvalue weighted by Gasteiger charge is 2.16. The van der Waals surface area contributed by atoms with Gasteiger partial charge in [0.1, 0.15) is 11.6 Å². The first kappa shape index (κ1) is 15.5. The monoisotopic (exact) mass is 309 g/mol. The average Bonchev–Trinajstić information content (AvgIpc) is 3.11. The van der Waals surface area contributed by atoms with Crippen LogP contribution in [0.2, 0.25) is 0 Å². The Bertz CT molecular complexity index is 692. The van der Waals surface area contributed by atoms with E-state index >= 15 is 0 Å². The molecule has 23 heavy (non-hydrogen) atoms. The van der Waals surface area contributed by atoms with Crippen molar-refractivity contribution in [1.82, 2.24) is 5.32 Å². The number of nitrogens with one attached hydrogen (secondary N) is 1. The van der Waals surface area contributed by atoms with Crippen molar-refractivity contribution in [3.8, 4) is 0 Å². The molecule has 3 rings (SSSR count). The smallest absolute Gasteiger partial charge is 0.123 e. The molecular weight excluding hydrogens is 289 g/mol. The molecule has 1 heterocycles. The lowest BCUT2D eigenvalue weighted by molar-refractivity contribution is 0.466. The van der Waals surface area contributed by atoms with Crippen LogP contribution in [0.25, 0.3) is 0 Å². The molecule has 0 aliphatic rings. The van der Waals surface area contributed by atoms with Crippen LogP contribution in [0.5, 0.6) is 0 Å².